The second-order valence-electron chi connectivity index (χ2n) is 8.95. The quantitative estimate of drug-likeness (QED) is 0.499. The van der Waals surface area contributed by atoms with Gasteiger partial charge < -0.3 is 19.5 Å². The van der Waals surface area contributed by atoms with Gasteiger partial charge in [0.2, 0.25) is 5.91 Å². The van der Waals surface area contributed by atoms with Crippen LogP contribution in [0.15, 0.2) is 63.6 Å². The van der Waals surface area contributed by atoms with Crippen LogP contribution in [0.2, 0.25) is 0 Å². The summed E-state index contributed by atoms with van der Waals surface area (Å²) < 4.78 is 11.0. The number of benzene rings is 1. The van der Waals surface area contributed by atoms with Crippen molar-refractivity contribution in [1.29, 1.82) is 0 Å². The van der Waals surface area contributed by atoms with Crippen LogP contribution in [0.25, 0.3) is 0 Å². The van der Waals surface area contributed by atoms with Gasteiger partial charge >= 0.3 is 0 Å². The maximum Gasteiger partial charge on any atom is 0.287 e. The topological polar surface area (TPSA) is 105 Å². The minimum Gasteiger partial charge on any atom is -0.464 e. The van der Waals surface area contributed by atoms with Gasteiger partial charge in [-0.3, -0.25) is 19.3 Å². The van der Waals surface area contributed by atoms with Crippen LogP contribution in [0.1, 0.15) is 65.8 Å². The summed E-state index contributed by atoms with van der Waals surface area (Å²) in [6, 6.07) is 13.0. The van der Waals surface area contributed by atoms with Gasteiger partial charge in [-0.15, -0.1) is 0 Å². The molecule has 1 saturated carbocycles. The predicted molar refractivity (Wildman–Crippen MR) is 131 cm³/mol. The Morgan fingerprint density at radius 1 is 1.00 bits per heavy atom. The second-order valence-corrected chi connectivity index (χ2v) is 8.95. The predicted octanol–water partition coefficient (Wildman–Crippen LogP) is 4.44. The Kier molecular flexibility index (Phi) is 7.70. The third-order valence-corrected chi connectivity index (χ3v) is 6.21. The fourth-order valence-electron chi connectivity index (χ4n) is 4.38. The SMILES string of the molecule is Cc1ccc(N(C(=O)CNC(=O)c2ccco2)C(C(=O)NC2CCCCC2)c2ccc(C)o2)cc1. The van der Waals surface area contributed by atoms with Crippen LogP contribution in [0.3, 0.4) is 0 Å². The van der Waals surface area contributed by atoms with E-state index in [0.29, 0.717) is 17.2 Å². The van der Waals surface area contributed by atoms with E-state index in [9.17, 15) is 14.4 Å². The average Bonchev–Trinajstić information content (AvgIpc) is 3.54. The average molecular weight is 478 g/mol. The van der Waals surface area contributed by atoms with Gasteiger partial charge in [-0.05, 0) is 63.1 Å². The number of anilines is 1. The van der Waals surface area contributed by atoms with Crippen molar-refractivity contribution in [3.05, 3.63) is 77.6 Å². The highest BCUT2D eigenvalue weighted by molar-refractivity contribution is 6.04. The molecule has 0 spiro atoms. The molecule has 8 nitrogen and oxygen atoms in total. The van der Waals surface area contributed by atoms with Gasteiger partial charge in [0.1, 0.15) is 11.5 Å². The molecule has 1 aliphatic carbocycles. The molecule has 3 amide bonds. The molecule has 0 bridgehead atoms. The van der Waals surface area contributed by atoms with E-state index in [1.165, 1.54) is 17.2 Å². The molecular weight excluding hydrogens is 446 g/mol. The Labute approximate surface area is 204 Å². The first kappa shape index (κ1) is 24.3. The number of amides is 3. The molecule has 1 fully saturated rings. The maximum atomic E-state index is 13.7. The van der Waals surface area contributed by atoms with E-state index in [2.05, 4.69) is 10.6 Å². The number of nitrogens with one attached hydrogen (secondary N) is 2. The number of hydrogen-bond acceptors (Lipinski definition) is 5. The van der Waals surface area contributed by atoms with Crippen LogP contribution < -0.4 is 15.5 Å². The highest BCUT2D eigenvalue weighted by atomic mass is 16.3. The Bertz CT molecular complexity index is 1140. The number of carbonyl (C=O) groups is 3. The van der Waals surface area contributed by atoms with E-state index in [1.54, 1.807) is 37.3 Å². The highest BCUT2D eigenvalue weighted by Gasteiger charge is 2.36. The fourth-order valence-corrected chi connectivity index (χ4v) is 4.38. The first-order valence-electron chi connectivity index (χ1n) is 12.0. The van der Waals surface area contributed by atoms with Gasteiger partial charge in [0.15, 0.2) is 11.8 Å². The van der Waals surface area contributed by atoms with Crippen LogP contribution in [0.4, 0.5) is 5.69 Å². The van der Waals surface area contributed by atoms with E-state index in [-0.39, 0.29) is 24.3 Å². The second kappa shape index (κ2) is 11.1. The van der Waals surface area contributed by atoms with Crippen molar-refractivity contribution in [3.8, 4) is 0 Å². The molecule has 2 aromatic heterocycles. The molecular formula is C27H31N3O5. The fraction of sp³-hybridized carbons (Fsp3) is 0.370. The van der Waals surface area contributed by atoms with E-state index in [4.69, 9.17) is 8.83 Å². The van der Waals surface area contributed by atoms with Crippen molar-refractivity contribution in [2.75, 3.05) is 11.4 Å². The third kappa shape index (κ3) is 6.01. The molecule has 0 saturated heterocycles. The summed E-state index contributed by atoms with van der Waals surface area (Å²) in [4.78, 5) is 41.0. The zero-order chi connectivity index (χ0) is 24.8. The molecule has 1 aliphatic rings. The number of carbonyl (C=O) groups excluding carboxylic acids is 3. The van der Waals surface area contributed by atoms with Gasteiger partial charge in [0.25, 0.3) is 11.8 Å². The molecule has 0 aliphatic heterocycles. The summed E-state index contributed by atoms with van der Waals surface area (Å²) in [5.41, 5.74) is 1.55. The number of furan rings is 2. The van der Waals surface area contributed by atoms with Crippen molar-refractivity contribution in [2.24, 2.45) is 0 Å². The number of aryl methyl sites for hydroxylation is 2. The normalized spacial score (nSPS) is 14.8. The molecule has 1 unspecified atom stereocenters. The summed E-state index contributed by atoms with van der Waals surface area (Å²) >= 11 is 0. The van der Waals surface area contributed by atoms with Crippen molar-refractivity contribution >= 4 is 23.4 Å². The summed E-state index contributed by atoms with van der Waals surface area (Å²) in [7, 11) is 0. The lowest BCUT2D eigenvalue weighted by Gasteiger charge is -2.32. The standard InChI is InChI=1S/C27H31N3O5/c1-18-10-13-21(14-11-18)30(24(31)17-28-26(32)23-9-6-16-34-23)25(22-15-12-19(2)35-22)27(33)29-20-7-4-3-5-8-20/h6,9-16,20,25H,3-5,7-8,17H2,1-2H3,(H,28,32)(H,29,33). The van der Waals surface area contributed by atoms with Gasteiger partial charge in [-0.2, -0.15) is 0 Å². The first-order valence-corrected chi connectivity index (χ1v) is 12.0. The molecule has 0 radical (unpaired) electrons. The number of hydrogen-bond donors (Lipinski definition) is 2. The summed E-state index contributed by atoms with van der Waals surface area (Å²) in [6.07, 6.45) is 6.50. The summed E-state index contributed by atoms with van der Waals surface area (Å²) in [6.45, 7) is 3.42. The molecule has 2 N–H and O–H groups in total. The minimum atomic E-state index is -1.03. The molecule has 1 atom stereocenters. The van der Waals surface area contributed by atoms with Crippen LogP contribution in [0, 0.1) is 13.8 Å². The lowest BCUT2D eigenvalue weighted by Crippen LogP contribution is -2.49. The monoisotopic (exact) mass is 477 g/mol. The Morgan fingerprint density at radius 3 is 2.37 bits per heavy atom. The molecule has 184 valence electrons. The minimum absolute atomic E-state index is 0.0587. The van der Waals surface area contributed by atoms with Gasteiger partial charge in [-0.25, -0.2) is 0 Å². The Morgan fingerprint density at radius 2 is 1.74 bits per heavy atom. The largest absolute Gasteiger partial charge is 0.464 e. The van der Waals surface area contributed by atoms with Crippen LogP contribution >= 0.6 is 0 Å². The van der Waals surface area contributed by atoms with E-state index >= 15 is 0 Å². The number of nitrogens with zero attached hydrogens (tertiary/aromatic N) is 1. The van der Waals surface area contributed by atoms with Crippen molar-refractivity contribution in [3.63, 3.8) is 0 Å². The van der Waals surface area contributed by atoms with Crippen LogP contribution in [-0.4, -0.2) is 30.3 Å². The van der Waals surface area contributed by atoms with Crippen molar-refractivity contribution in [1.82, 2.24) is 10.6 Å². The smallest absolute Gasteiger partial charge is 0.287 e. The molecule has 1 aromatic carbocycles. The summed E-state index contributed by atoms with van der Waals surface area (Å²) in [5, 5.41) is 5.73. The number of rotatable bonds is 8. The highest BCUT2D eigenvalue weighted by Crippen LogP contribution is 2.30. The maximum absolute atomic E-state index is 13.7. The van der Waals surface area contributed by atoms with E-state index in [1.807, 2.05) is 19.1 Å². The first-order chi connectivity index (χ1) is 16.9. The van der Waals surface area contributed by atoms with Crippen molar-refractivity contribution < 1.29 is 23.2 Å². The van der Waals surface area contributed by atoms with Gasteiger partial charge in [0.05, 0.1) is 12.8 Å². The van der Waals surface area contributed by atoms with E-state index in [0.717, 1.165) is 37.7 Å². The lowest BCUT2D eigenvalue weighted by atomic mass is 9.95. The van der Waals surface area contributed by atoms with Gasteiger partial charge in [0, 0.05) is 11.7 Å². The summed E-state index contributed by atoms with van der Waals surface area (Å²) in [5.74, 6) is -0.165. The molecule has 35 heavy (non-hydrogen) atoms. The molecule has 8 heteroatoms. The molecule has 3 aromatic rings. The van der Waals surface area contributed by atoms with Gasteiger partial charge in [-0.1, -0.05) is 37.0 Å². The lowest BCUT2D eigenvalue weighted by molar-refractivity contribution is -0.127. The zero-order valence-corrected chi connectivity index (χ0v) is 20.1. The molecule has 4 rings (SSSR count). The van der Waals surface area contributed by atoms with Crippen LogP contribution in [-0.2, 0) is 9.59 Å². The van der Waals surface area contributed by atoms with E-state index < -0.39 is 17.9 Å². The molecule has 2 heterocycles. The zero-order valence-electron chi connectivity index (χ0n) is 20.1. The third-order valence-electron chi connectivity index (χ3n) is 6.21. The van der Waals surface area contributed by atoms with Crippen molar-refractivity contribution in [2.45, 2.75) is 58.0 Å². The van der Waals surface area contributed by atoms with Crippen LogP contribution in [0.5, 0.6) is 0 Å². The Hall–Kier alpha value is -3.81. The Balaban J connectivity index is 1.64.